The molecule has 0 spiro atoms. The van der Waals surface area contributed by atoms with Gasteiger partial charge in [-0.25, -0.2) is 8.42 Å². The molecule has 2 rings (SSSR count). The number of nitrogens with two attached hydrogens (primary N) is 1. The van der Waals surface area contributed by atoms with Crippen molar-refractivity contribution in [2.24, 2.45) is 5.92 Å². The van der Waals surface area contributed by atoms with Crippen LogP contribution < -0.4 is 5.73 Å². The second kappa shape index (κ2) is 5.97. The van der Waals surface area contributed by atoms with Gasteiger partial charge >= 0.3 is 0 Å². The molecule has 2 unspecified atom stereocenters. The average molecular weight is 310 g/mol. The number of sulfonamides is 1. The Morgan fingerprint density at radius 1 is 1.19 bits per heavy atom. The largest absolute Gasteiger partial charge is 0.398 e. The van der Waals surface area contributed by atoms with E-state index in [-0.39, 0.29) is 6.04 Å². The Labute approximate surface area is 128 Å². The van der Waals surface area contributed by atoms with Crippen molar-refractivity contribution in [3.05, 3.63) is 23.3 Å². The van der Waals surface area contributed by atoms with Gasteiger partial charge in [0.1, 0.15) is 0 Å². The highest BCUT2D eigenvalue weighted by molar-refractivity contribution is 7.89. The van der Waals surface area contributed by atoms with E-state index in [4.69, 9.17) is 5.73 Å². The predicted molar refractivity (Wildman–Crippen MR) is 86.7 cm³/mol. The molecule has 0 aromatic heterocycles. The van der Waals surface area contributed by atoms with E-state index in [0.717, 1.165) is 24.8 Å². The van der Waals surface area contributed by atoms with Crippen molar-refractivity contribution < 1.29 is 8.42 Å². The van der Waals surface area contributed by atoms with E-state index in [9.17, 15) is 8.42 Å². The molecule has 1 aliphatic carbocycles. The lowest BCUT2D eigenvalue weighted by atomic mass is 9.86. The number of hydrogen-bond acceptors (Lipinski definition) is 3. The van der Waals surface area contributed by atoms with Gasteiger partial charge in [0, 0.05) is 18.8 Å². The van der Waals surface area contributed by atoms with Crippen molar-refractivity contribution in [3.8, 4) is 0 Å². The molecule has 1 aliphatic rings. The summed E-state index contributed by atoms with van der Waals surface area (Å²) in [6.07, 6.45) is 4.34. The maximum atomic E-state index is 13.0. The van der Waals surface area contributed by atoms with Crippen LogP contribution in [0.25, 0.3) is 0 Å². The van der Waals surface area contributed by atoms with Crippen molar-refractivity contribution in [1.82, 2.24) is 4.31 Å². The lowest BCUT2D eigenvalue weighted by molar-refractivity contribution is 0.213. The molecule has 1 aromatic rings. The minimum Gasteiger partial charge on any atom is -0.398 e. The highest BCUT2D eigenvalue weighted by Gasteiger charge is 2.34. The van der Waals surface area contributed by atoms with Crippen LogP contribution in [0.5, 0.6) is 0 Å². The molecule has 5 heteroatoms. The summed E-state index contributed by atoms with van der Waals surface area (Å²) in [5.74, 6) is 0.404. The van der Waals surface area contributed by atoms with Crippen molar-refractivity contribution in [3.63, 3.8) is 0 Å². The first kappa shape index (κ1) is 16.3. The van der Waals surface area contributed by atoms with Gasteiger partial charge in [0.05, 0.1) is 4.90 Å². The summed E-state index contributed by atoms with van der Waals surface area (Å²) in [4.78, 5) is 0.347. The molecular formula is C16H26N2O2S. The van der Waals surface area contributed by atoms with Crippen LogP contribution in [-0.2, 0) is 10.0 Å². The van der Waals surface area contributed by atoms with Crippen molar-refractivity contribution in [2.75, 3.05) is 12.8 Å². The van der Waals surface area contributed by atoms with Gasteiger partial charge in [-0.05, 0) is 55.9 Å². The smallest absolute Gasteiger partial charge is 0.243 e. The Morgan fingerprint density at radius 2 is 1.81 bits per heavy atom. The summed E-state index contributed by atoms with van der Waals surface area (Å²) in [5, 5.41) is 0. The van der Waals surface area contributed by atoms with Crippen LogP contribution in [-0.4, -0.2) is 25.8 Å². The minimum atomic E-state index is -3.49. The van der Waals surface area contributed by atoms with Gasteiger partial charge in [0.2, 0.25) is 10.0 Å². The van der Waals surface area contributed by atoms with Crippen molar-refractivity contribution in [1.29, 1.82) is 0 Å². The molecule has 0 heterocycles. The predicted octanol–water partition coefficient (Wildman–Crippen LogP) is 3.08. The Kier molecular flexibility index (Phi) is 4.63. The molecule has 118 valence electrons. The third-order valence-corrected chi connectivity index (χ3v) is 6.74. The van der Waals surface area contributed by atoms with Gasteiger partial charge in [0.25, 0.3) is 0 Å². The topological polar surface area (TPSA) is 63.4 Å². The van der Waals surface area contributed by atoms with Crippen LogP contribution in [0, 0.1) is 19.8 Å². The molecule has 0 saturated heterocycles. The number of anilines is 1. The van der Waals surface area contributed by atoms with Crippen molar-refractivity contribution >= 4 is 15.7 Å². The zero-order chi connectivity index (χ0) is 15.8. The van der Waals surface area contributed by atoms with E-state index in [1.54, 1.807) is 24.3 Å². The van der Waals surface area contributed by atoms with Crippen LogP contribution in [0.2, 0.25) is 0 Å². The number of benzene rings is 1. The SMILES string of the molecule is Cc1cc(N)c(C)c(S(=O)(=O)N(C)C2CCCCC2C)c1. The van der Waals surface area contributed by atoms with E-state index in [0.29, 0.717) is 22.1 Å². The summed E-state index contributed by atoms with van der Waals surface area (Å²) >= 11 is 0. The molecule has 1 aromatic carbocycles. The number of rotatable bonds is 3. The molecule has 4 nitrogen and oxygen atoms in total. The fourth-order valence-corrected chi connectivity index (χ4v) is 5.11. The molecule has 0 radical (unpaired) electrons. The molecule has 0 amide bonds. The number of nitrogen functional groups attached to an aromatic ring is 1. The molecule has 0 aliphatic heterocycles. The van der Waals surface area contributed by atoms with Crippen molar-refractivity contribution in [2.45, 2.75) is 57.4 Å². The molecule has 1 saturated carbocycles. The molecule has 2 atom stereocenters. The molecule has 1 fully saturated rings. The van der Waals surface area contributed by atoms with E-state index in [2.05, 4.69) is 6.92 Å². The monoisotopic (exact) mass is 310 g/mol. The minimum absolute atomic E-state index is 0.0879. The van der Waals surface area contributed by atoms with Gasteiger partial charge < -0.3 is 5.73 Å². The number of nitrogens with zero attached hydrogens (tertiary/aromatic N) is 1. The van der Waals surface area contributed by atoms with Gasteiger partial charge in [-0.1, -0.05) is 19.8 Å². The van der Waals surface area contributed by atoms with Crippen LogP contribution in [0.4, 0.5) is 5.69 Å². The normalized spacial score (nSPS) is 23.5. The summed E-state index contributed by atoms with van der Waals surface area (Å²) in [5.41, 5.74) is 8.01. The third kappa shape index (κ3) is 3.09. The summed E-state index contributed by atoms with van der Waals surface area (Å²) in [7, 11) is -1.79. The zero-order valence-corrected chi connectivity index (χ0v) is 14.2. The lowest BCUT2D eigenvalue weighted by Crippen LogP contribution is -2.42. The van der Waals surface area contributed by atoms with E-state index in [1.807, 2.05) is 13.0 Å². The fourth-order valence-electron chi connectivity index (χ4n) is 3.29. The van der Waals surface area contributed by atoms with Gasteiger partial charge in [-0.3, -0.25) is 0 Å². The first-order chi connectivity index (χ1) is 9.75. The lowest BCUT2D eigenvalue weighted by Gasteiger charge is -2.35. The standard InChI is InChI=1S/C16H26N2O2S/c1-11-9-14(17)13(3)16(10-11)21(19,20)18(4)15-8-6-5-7-12(15)2/h9-10,12,15H,5-8,17H2,1-4H3. The Balaban J connectivity index is 2.42. The fraction of sp³-hybridized carbons (Fsp3) is 0.625. The van der Waals surface area contributed by atoms with E-state index in [1.165, 1.54) is 6.42 Å². The van der Waals surface area contributed by atoms with Gasteiger partial charge in [-0.15, -0.1) is 0 Å². The molecule has 21 heavy (non-hydrogen) atoms. The summed E-state index contributed by atoms with van der Waals surface area (Å²) in [6.45, 7) is 5.80. The van der Waals surface area contributed by atoms with E-state index >= 15 is 0 Å². The average Bonchev–Trinajstić information content (AvgIpc) is 2.42. The highest BCUT2D eigenvalue weighted by Crippen LogP contribution is 2.32. The van der Waals surface area contributed by atoms with Crippen LogP contribution in [0.15, 0.2) is 17.0 Å². The quantitative estimate of drug-likeness (QED) is 0.873. The zero-order valence-electron chi connectivity index (χ0n) is 13.4. The summed E-state index contributed by atoms with van der Waals surface area (Å²) in [6, 6.07) is 3.63. The van der Waals surface area contributed by atoms with E-state index < -0.39 is 10.0 Å². The Hall–Kier alpha value is -1.07. The summed E-state index contributed by atoms with van der Waals surface area (Å²) < 4.78 is 27.5. The highest BCUT2D eigenvalue weighted by atomic mass is 32.2. The van der Waals surface area contributed by atoms with Crippen LogP contribution >= 0.6 is 0 Å². The molecule has 0 bridgehead atoms. The molecule has 2 N–H and O–H groups in total. The Bertz CT molecular complexity index is 625. The number of hydrogen-bond donors (Lipinski definition) is 1. The van der Waals surface area contributed by atoms with Crippen LogP contribution in [0.1, 0.15) is 43.7 Å². The number of aryl methyl sites for hydroxylation is 1. The first-order valence-electron chi connectivity index (χ1n) is 7.60. The maximum absolute atomic E-state index is 13.0. The van der Waals surface area contributed by atoms with Crippen LogP contribution in [0.3, 0.4) is 0 Å². The Morgan fingerprint density at radius 3 is 2.43 bits per heavy atom. The van der Waals surface area contributed by atoms with Gasteiger partial charge in [-0.2, -0.15) is 4.31 Å². The second-order valence-corrected chi connectivity index (χ2v) is 8.29. The maximum Gasteiger partial charge on any atom is 0.243 e. The third-order valence-electron chi connectivity index (χ3n) is 4.73. The van der Waals surface area contributed by atoms with Gasteiger partial charge in [0.15, 0.2) is 0 Å². The molecular weight excluding hydrogens is 284 g/mol. The second-order valence-electron chi connectivity index (χ2n) is 6.33. The first-order valence-corrected chi connectivity index (χ1v) is 9.04.